The predicted molar refractivity (Wildman–Crippen MR) is 116 cm³/mol. The lowest BCUT2D eigenvalue weighted by atomic mass is 10.1. The van der Waals surface area contributed by atoms with Crippen molar-refractivity contribution in [3.8, 4) is 0 Å². The third-order valence-electron chi connectivity index (χ3n) is 5.61. The van der Waals surface area contributed by atoms with Gasteiger partial charge in [-0.2, -0.15) is 0 Å². The van der Waals surface area contributed by atoms with Gasteiger partial charge in [0.25, 0.3) is 0 Å². The summed E-state index contributed by atoms with van der Waals surface area (Å²) in [6.07, 6.45) is 5.12. The average molecular weight is 389 g/mol. The van der Waals surface area contributed by atoms with Crippen LogP contribution in [-0.4, -0.2) is 43.5 Å². The van der Waals surface area contributed by atoms with Crippen molar-refractivity contribution < 1.29 is 9.59 Å². The Balaban J connectivity index is 2.25. The summed E-state index contributed by atoms with van der Waals surface area (Å²) < 4.78 is 0. The smallest absolute Gasteiger partial charge is 0.317 e. The maximum Gasteiger partial charge on any atom is 0.317 e. The van der Waals surface area contributed by atoms with Gasteiger partial charge in [0.2, 0.25) is 5.91 Å². The molecule has 1 aliphatic carbocycles. The number of carbonyl (C=O) groups is 2. The first kappa shape index (κ1) is 22.1. The van der Waals surface area contributed by atoms with Crippen molar-refractivity contribution >= 4 is 23.3 Å². The number of amides is 3. The zero-order valence-corrected chi connectivity index (χ0v) is 18.0. The van der Waals surface area contributed by atoms with E-state index in [1.54, 1.807) is 0 Å². The van der Waals surface area contributed by atoms with Crippen LogP contribution in [0.25, 0.3) is 0 Å². The zero-order valence-electron chi connectivity index (χ0n) is 18.0. The van der Waals surface area contributed by atoms with Gasteiger partial charge >= 0.3 is 6.03 Å². The molecule has 2 rings (SSSR count). The monoisotopic (exact) mass is 388 g/mol. The zero-order chi connectivity index (χ0) is 20.7. The molecule has 6 nitrogen and oxygen atoms in total. The van der Waals surface area contributed by atoms with E-state index in [1.165, 1.54) is 0 Å². The van der Waals surface area contributed by atoms with Gasteiger partial charge in [0.05, 0.1) is 0 Å². The highest BCUT2D eigenvalue weighted by atomic mass is 16.2. The molecule has 0 aromatic heterocycles. The predicted octanol–water partition coefficient (Wildman–Crippen LogP) is 4.21. The summed E-state index contributed by atoms with van der Waals surface area (Å²) in [4.78, 5) is 29.0. The molecule has 0 saturated heterocycles. The second-order valence-corrected chi connectivity index (χ2v) is 7.93. The molecule has 1 fully saturated rings. The Bertz CT molecular complexity index is 669. The van der Waals surface area contributed by atoms with Gasteiger partial charge < -0.3 is 20.4 Å². The van der Waals surface area contributed by atoms with E-state index in [9.17, 15) is 9.59 Å². The molecule has 0 aliphatic heterocycles. The highest BCUT2D eigenvalue weighted by Crippen LogP contribution is 2.28. The largest absolute Gasteiger partial charge is 0.377 e. The Kier molecular flexibility index (Phi) is 8.15. The van der Waals surface area contributed by atoms with E-state index in [4.69, 9.17) is 0 Å². The second kappa shape index (κ2) is 10.3. The number of nitrogens with one attached hydrogen (secondary N) is 2. The van der Waals surface area contributed by atoms with E-state index in [-0.39, 0.29) is 23.9 Å². The lowest BCUT2D eigenvalue weighted by molar-refractivity contribution is -0.119. The van der Waals surface area contributed by atoms with Crippen LogP contribution in [-0.2, 0) is 11.3 Å². The first-order chi connectivity index (χ1) is 13.4. The van der Waals surface area contributed by atoms with E-state index in [0.717, 1.165) is 49.0 Å². The molecule has 28 heavy (non-hydrogen) atoms. The van der Waals surface area contributed by atoms with Crippen LogP contribution in [0.2, 0.25) is 0 Å². The van der Waals surface area contributed by atoms with Crippen molar-refractivity contribution in [3.63, 3.8) is 0 Å². The van der Waals surface area contributed by atoms with Crippen LogP contribution in [0.1, 0.15) is 58.4 Å². The Morgan fingerprint density at radius 3 is 2.43 bits per heavy atom. The summed E-state index contributed by atoms with van der Waals surface area (Å²) in [5.41, 5.74) is 2.88. The maximum atomic E-state index is 12.6. The third-order valence-corrected chi connectivity index (χ3v) is 5.61. The van der Waals surface area contributed by atoms with Gasteiger partial charge in [-0.1, -0.05) is 19.8 Å². The van der Waals surface area contributed by atoms with Crippen LogP contribution < -0.4 is 15.5 Å². The highest BCUT2D eigenvalue weighted by Gasteiger charge is 2.24. The normalized spacial score (nSPS) is 15.2. The number of hydrogen-bond donors (Lipinski definition) is 2. The molecule has 1 atom stereocenters. The Morgan fingerprint density at radius 1 is 1.18 bits per heavy atom. The summed E-state index contributed by atoms with van der Waals surface area (Å²) in [5.74, 6) is 0.243. The molecule has 6 heteroatoms. The van der Waals surface area contributed by atoms with Crippen molar-refractivity contribution in [2.24, 2.45) is 5.92 Å². The summed E-state index contributed by atoms with van der Waals surface area (Å²) in [6, 6.07) is 6.05. The maximum absolute atomic E-state index is 12.6. The first-order valence-corrected chi connectivity index (χ1v) is 10.5. The SMILES string of the molecule is CCNC(=O)N(Cc1cc(NC(=O)C2CCCC2)ccc1N(C)C)[C@@H](C)CC. The first-order valence-electron chi connectivity index (χ1n) is 10.5. The summed E-state index contributed by atoms with van der Waals surface area (Å²) in [5, 5.41) is 6.00. The number of carbonyl (C=O) groups excluding carboxylic acids is 2. The Labute approximate surface area is 169 Å². The number of urea groups is 1. The lowest BCUT2D eigenvalue weighted by Gasteiger charge is -2.30. The lowest BCUT2D eigenvalue weighted by Crippen LogP contribution is -2.44. The molecule has 0 radical (unpaired) electrons. The van der Waals surface area contributed by atoms with E-state index in [0.29, 0.717) is 13.1 Å². The van der Waals surface area contributed by atoms with Crippen LogP contribution in [0.5, 0.6) is 0 Å². The molecular weight excluding hydrogens is 352 g/mol. The van der Waals surface area contributed by atoms with Crippen molar-refractivity contribution in [3.05, 3.63) is 23.8 Å². The van der Waals surface area contributed by atoms with E-state index < -0.39 is 0 Å². The van der Waals surface area contributed by atoms with E-state index in [1.807, 2.05) is 49.0 Å². The van der Waals surface area contributed by atoms with Gasteiger partial charge in [-0.15, -0.1) is 0 Å². The second-order valence-electron chi connectivity index (χ2n) is 7.93. The van der Waals surface area contributed by atoms with Gasteiger partial charge in [0.15, 0.2) is 0 Å². The Morgan fingerprint density at radius 2 is 1.86 bits per heavy atom. The van der Waals surface area contributed by atoms with Gasteiger partial charge in [0.1, 0.15) is 0 Å². The quantitative estimate of drug-likeness (QED) is 0.701. The van der Waals surface area contributed by atoms with Gasteiger partial charge in [-0.05, 0) is 56.9 Å². The summed E-state index contributed by atoms with van der Waals surface area (Å²) in [6.45, 7) is 7.18. The number of benzene rings is 1. The molecule has 0 unspecified atom stereocenters. The fraction of sp³-hybridized carbons (Fsp3) is 0.636. The fourth-order valence-corrected chi connectivity index (χ4v) is 3.74. The molecular formula is C22H36N4O2. The number of anilines is 2. The molecule has 156 valence electrons. The minimum absolute atomic E-state index is 0.0537. The van der Waals surface area contributed by atoms with E-state index in [2.05, 4.69) is 24.5 Å². The molecule has 1 aromatic carbocycles. The fourth-order valence-electron chi connectivity index (χ4n) is 3.74. The molecule has 1 saturated carbocycles. The number of hydrogen-bond acceptors (Lipinski definition) is 3. The topological polar surface area (TPSA) is 64.7 Å². The highest BCUT2D eigenvalue weighted by molar-refractivity contribution is 5.93. The van der Waals surface area contributed by atoms with E-state index >= 15 is 0 Å². The van der Waals surface area contributed by atoms with Crippen LogP contribution in [0.4, 0.5) is 16.2 Å². The van der Waals surface area contributed by atoms with Gasteiger partial charge in [-0.25, -0.2) is 4.79 Å². The van der Waals surface area contributed by atoms with Gasteiger partial charge in [0, 0.05) is 50.5 Å². The molecule has 3 amide bonds. The van der Waals surface area contributed by atoms with Crippen LogP contribution >= 0.6 is 0 Å². The standard InChI is InChI=1S/C22H36N4O2/c1-6-16(3)26(22(28)23-7-2)15-18-14-19(12-13-20(18)25(4)5)24-21(27)17-10-8-9-11-17/h12-14,16-17H,6-11,15H2,1-5H3,(H,23,28)(H,24,27)/t16-/m0/s1. The van der Waals surface area contributed by atoms with Crippen LogP contribution in [0, 0.1) is 5.92 Å². The molecule has 2 N–H and O–H groups in total. The van der Waals surface area contributed by atoms with Crippen molar-refractivity contribution in [2.45, 2.75) is 65.5 Å². The number of rotatable bonds is 8. The molecule has 0 heterocycles. The molecule has 0 bridgehead atoms. The molecule has 1 aliphatic rings. The van der Waals surface area contributed by atoms with Gasteiger partial charge in [-0.3, -0.25) is 4.79 Å². The number of nitrogens with zero attached hydrogens (tertiary/aromatic N) is 2. The Hall–Kier alpha value is -2.24. The third kappa shape index (κ3) is 5.63. The average Bonchev–Trinajstić information content (AvgIpc) is 3.20. The van der Waals surface area contributed by atoms with Crippen molar-refractivity contribution in [1.82, 2.24) is 10.2 Å². The molecule has 0 spiro atoms. The van der Waals surface area contributed by atoms with Crippen LogP contribution in [0.3, 0.4) is 0 Å². The van der Waals surface area contributed by atoms with Crippen LogP contribution in [0.15, 0.2) is 18.2 Å². The minimum Gasteiger partial charge on any atom is -0.377 e. The van der Waals surface area contributed by atoms with Crippen molar-refractivity contribution in [2.75, 3.05) is 30.9 Å². The summed E-state index contributed by atoms with van der Waals surface area (Å²) in [7, 11) is 3.99. The minimum atomic E-state index is -0.0537. The van der Waals surface area contributed by atoms with Crippen molar-refractivity contribution in [1.29, 1.82) is 0 Å². The summed E-state index contributed by atoms with van der Waals surface area (Å²) >= 11 is 0. The molecule has 1 aromatic rings.